The van der Waals surface area contributed by atoms with Crippen LogP contribution in [0.4, 0.5) is 5.69 Å². The van der Waals surface area contributed by atoms with Crippen LogP contribution >= 0.6 is 11.6 Å². The molecule has 4 nitrogen and oxygen atoms in total. The van der Waals surface area contributed by atoms with Crippen molar-refractivity contribution in [3.63, 3.8) is 0 Å². The zero-order chi connectivity index (χ0) is 19.5. The van der Waals surface area contributed by atoms with Crippen molar-refractivity contribution in [3.05, 3.63) is 88.4 Å². The Hall–Kier alpha value is -3.24. The maximum Gasteiger partial charge on any atom is 0.256 e. The highest BCUT2D eigenvalue weighted by Gasteiger charge is 2.24. The molecular weight excluding hydrogens is 374 g/mol. The summed E-state index contributed by atoms with van der Waals surface area (Å²) in [6, 6.07) is 20.8. The summed E-state index contributed by atoms with van der Waals surface area (Å²) >= 11 is 6.10. The molecule has 1 heterocycles. The number of anilines is 1. The van der Waals surface area contributed by atoms with Crippen molar-refractivity contribution in [3.8, 4) is 11.5 Å². The predicted octanol–water partition coefficient (Wildman–Crippen LogP) is 5.42. The molecule has 3 aromatic carbocycles. The quantitative estimate of drug-likeness (QED) is 0.591. The van der Waals surface area contributed by atoms with Crippen LogP contribution in [0.2, 0.25) is 5.02 Å². The number of benzene rings is 3. The molecule has 0 atom stereocenters. The molecule has 0 aliphatic carbocycles. The maximum atomic E-state index is 12.4. The van der Waals surface area contributed by atoms with Gasteiger partial charge in [-0.15, -0.1) is 0 Å². The zero-order valence-corrected chi connectivity index (χ0v) is 16.0. The minimum Gasteiger partial charge on any atom is -0.493 e. The van der Waals surface area contributed by atoms with Crippen LogP contribution in [0.25, 0.3) is 11.6 Å². The summed E-state index contributed by atoms with van der Waals surface area (Å²) in [7, 11) is 1.60. The van der Waals surface area contributed by atoms with E-state index >= 15 is 0 Å². The van der Waals surface area contributed by atoms with Gasteiger partial charge in [-0.25, -0.2) is 0 Å². The Labute approximate surface area is 168 Å². The Balaban J connectivity index is 1.65. The van der Waals surface area contributed by atoms with Gasteiger partial charge in [0.05, 0.1) is 7.11 Å². The van der Waals surface area contributed by atoms with E-state index < -0.39 is 0 Å². The molecule has 0 saturated heterocycles. The molecule has 0 bridgehead atoms. The fourth-order valence-corrected chi connectivity index (χ4v) is 3.27. The van der Waals surface area contributed by atoms with E-state index in [0.29, 0.717) is 28.7 Å². The fourth-order valence-electron chi connectivity index (χ4n) is 3.10. The summed E-state index contributed by atoms with van der Waals surface area (Å²) in [5, 5.41) is 3.44. The lowest BCUT2D eigenvalue weighted by molar-refractivity contribution is -0.110. The number of halogens is 1. The summed E-state index contributed by atoms with van der Waals surface area (Å²) < 4.78 is 11.4. The van der Waals surface area contributed by atoms with E-state index in [9.17, 15) is 4.79 Å². The molecule has 1 N–H and O–H groups in total. The lowest BCUT2D eigenvalue weighted by atomic mass is 10.0. The second-order valence-corrected chi connectivity index (χ2v) is 6.82. The average Bonchev–Trinajstić information content (AvgIpc) is 3.02. The zero-order valence-electron chi connectivity index (χ0n) is 15.2. The van der Waals surface area contributed by atoms with Crippen molar-refractivity contribution in [2.45, 2.75) is 6.61 Å². The van der Waals surface area contributed by atoms with E-state index in [1.807, 2.05) is 54.6 Å². The first-order valence-corrected chi connectivity index (χ1v) is 9.19. The largest absolute Gasteiger partial charge is 0.493 e. The molecule has 0 unspecified atom stereocenters. The summed E-state index contributed by atoms with van der Waals surface area (Å²) in [6.45, 7) is 0.427. The number of hydrogen-bond donors (Lipinski definition) is 1. The van der Waals surface area contributed by atoms with Gasteiger partial charge in [0, 0.05) is 21.8 Å². The lowest BCUT2D eigenvalue weighted by Gasteiger charge is -2.12. The number of methoxy groups -OCH3 is 1. The van der Waals surface area contributed by atoms with Crippen LogP contribution in [-0.2, 0) is 11.4 Å². The van der Waals surface area contributed by atoms with Crippen molar-refractivity contribution < 1.29 is 14.3 Å². The number of hydrogen-bond acceptors (Lipinski definition) is 3. The summed E-state index contributed by atoms with van der Waals surface area (Å²) in [5.74, 6) is 1.10. The van der Waals surface area contributed by atoms with E-state index in [4.69, 9.17) is 21.1 Å². The Kier molecular flexibility index (Phi) is 5.04. The number of ether oxygens (including phenoxy) is 2. The molecule has 28 heavy (non-hydrogen) atoms. The molecule has 1 aliphatic heterocycles. The first-order chi connectivity index (χ1) is 13.6. The van der Waals surface area contributed by atoms with Crippen LogP contribution in [0.3, 0.4) is 0 Å². The normalized spacial score (nSPS) is 13.9. The minimum absolute atomic E-state index is 0.153. The second-order valence-electron chi connectivity index (χ2n) is 6.39. The maximum absolute atomic E-state index is 12.4. The van der Waals surface area contributed by atoms with Gasteiger partial charge >= 0.3 is 0 Å². The minimum atomic E-state index is -0.153. The molecule has 0 saturated carbocycles. The summed E-state index contributed by atoms with van der Waals surface area (Å²) in [6.07, 6.45) is 1.83. The number of carbonyl (C=O) groups is 1. The fraction of sp³-hybridized carbons (Fsp3) is 0.0870. The van der Waals surface area contributed by atoms with Gasteiger partial charge in [-0.3, -0.25) is 4.79 Å². The highest BCUT2D eigenvalue weighted by atomic mass is 35.5. The molecule has 0 fully saturated rings. The number of carbonyl (C=O) groups excluding carboxylic acids is 1. The average molecular weight is 392 g/mol. The SMILES string of the molecule is COc1ccc(C=C2C(=O)Nc3ccc(Cl)cc32)cc1OCc1ccccc1. The van der Waals surface area contributed by atoms with Crippen LogP contribution in [0.1, 0.15) is 16.7 Å². The van der Waals surface area contributed by atoms with Crippen molar-refractivity contribution in [2.75, 3.05) is 12.4 Å². The van der Waals surface area contributed by atoms with Gasteiger partial charge in [-0.2, -0.15) is 0 Å². The number of amides is 1. The molecule has 1 amide bonds. The number of fused-ring (bicyclic) bond motifs is 1. The van der Waals surface area contributed by atoms with Crippen LogP contribution in [0, 0.1) is 0 Å². The van der Waals surface area contributed by atoms with Crippen molar-refractivity contribution in [2.24, 2.45) is 0 Å². The Morgan fingerprint density at radius 3 is 2.61 bits per heavy atom. The molecule has 1 aliphatic rings. The standard InChI is InChI=1S/C23H18ClNO3/c1-27-21-10-7-16(12-22(21)28-14-15-5-3-2-4-6-15)11-19-18-13-17(24)8-9-20(18)25-23(19)26/h2-13H,14H2,1H3,(H,25,26). The molecule has 140 valence electrons. The molecule has 0 aromatic heterocycles. The Morgan fingerprint density at radius 1 is 1.00 bits per heavy atom. The van der Waals surface area contributed by atoms with Crippen LogP contribution in [0.15, 0.2) is 66.7 Å². The van der Waals surface area contributed by atoms with Crippen LogP contribution in [-0.4, -0.2) is 13.0 Å². The monoisotopic (exact) mass is 391 g/mol. The van der Waals surface area contributed by atoms with Gasteiger partial charge in [0.15, 0.2) is 11.5 Å². The third-order valence-electron chi connectivity index (χ3n) is 4.50. The first-order valence-electron chi connectivity index (χ1n) is 8.82. The van der Waals surface area contributed by atoms with E-state index in [0.717, 1.165) is 22.4 Å². The van der Waals surface area contributed by atoms with E-state index in [1.54, 1.807) is 25.3 Å². The predicted molar refractivity (Wildman–Crippen MR) is 112 cm³/mol. The van der Waals surface area contributed by atoms with Crippen molar-refractivity contribution in [1.29, 1.82) is 0 Å². The van der Waals surface area contributed by atoms with Crippen molar-refractivity contribution in [1.82, 2.24) is 0 Å². The van der Waals surface area contributed by atoms with E-state index in [-0.39, 0.29) is 5.91 Å². The lowest BCUT2D eigenvalue weighted by Crippen LogP contribution is -2.03. The molecule has 4 rings (SSSR count). The van der Waals surface area contributed by atoms with Crippen molar-refractivity contribution >= 4 is 34.8 Å². The molecule has 0 spiro atoms. The smallest absolute Gasteiger partial charge is 0.256 e. The second kappa shape index (κ2) is 7.79. The summed E-state index contributed by atoms with van der Waals surface area (Å²) in [4.78, 5) is 12.4. The van der Waals surface area contributed by atoms with Gasteiger partial charge in [-0.05, 0) is 47.5 Å². The highest BCUT2D eigenvalue weighted by molar-refractivity contribution is 6.36. The Morgan fingerprint density at radius 2 is 1.82 bits per heavy atom. The topological polar surface area (TPSA) is 47.6 Å². The van der Waals surface area contributed by atoms with Crippen LogP contribution < -0.4 is 14.8 Å². The van der Waals surface area contributed by atoms with E-state index in [1.165, 1.54) is 0 Å². The van der Waals surface area contributed by atoms with Gasteiger partial charge in [-0.1, -0.05) is 48.0 Å². The highest BCUT2D eigenvalue weighted by Crippen LogP contribution is 2.36. The number of rotatable bonds is 5. The van der Waals surface area contributed by atoms with Crippen LogP contribution in [0.5, 0.6) is 11.5 Å². The van der Waals surface area contributed by atoms with Gasteiger partial charge in [0.25, 0.3) is 5.91 Å². The first kappa shape index (κ1) is 18.1. The molecule has 5 heteroatoms. The molecule has 3 aromatic rings. The summed E-state index contributed by atoms with van der Waals surface area (Å²) in [5.41, 5.74) is 4.01. The number of nitrogens with one attached hydrogen (secondary N) is 1. The van der Waals surface area contributed by atoms with Gasteiger partial charge in [0.2, 0.25) is 0 Å². The van der Waals surface area contributed by atoms with Gasteiger partial charge in [0.1, 0.15) is 6.61 Å². The third kappa shape index (κ3) is 3.73. The third-order valence-corrected chi connectivity index (χ3v) is 4.74. The molecule has 0 radical (unpaired) electrons. The molecular formula is C23H18ClNO3. The van der Waals surface area contributed by atoms with E-state index in [2.05, 4.69) is 5.32 Å². The Bertz CT molecular complexity index is 1060. The van der Waals surface area contributed by atoms with Gasteiger partial charge < -0.3 is 14.8 Å².